The maximum absolute atomic E-state index is 6.10. The van der Waals surface area contributed by atoms with Gasteiger partial charge in [-0.15, -0.1) is 0 Å². The van der Waals surface area contributed by atoms with Gasteiger partial charge in [-0.3, -0.25) is 5.10 Å². The number of hydrogen-bond acceptors (Lipinski definition) is 3. The van der Waals surface area contributed by atoms with Crippen LogP contribution in [0.15, 0.2) is 0 Å². The lowest BCUT2D eigenvalue weighted by Gasteiger charge is -2.54. The number of aromatic amines is 1. The van der Waals surface area contributed by atoms with Crippen LogP contribution in [0.4, 0.5) is 5.82 Å². The van der Waals surface area contributed by atoms with Crippen LogP contribution in [0.25, 0.3) is 0 Å². The molecular formula is C14H22N4. The van der Waals surface area contributed by atoms with Crippen molar-refractivity contribution in [2.75, 3.05) is 5.73 Å². The smallest absolute Gasteiger partial charge is 0.149 e. The molecule has 0 unspecified atom stereocenters. The van der Waals surface area contributed by atoms with E-state index < -0.39 is 0 Å². The number of rotatable bonds is 2. The number of anilines is 1. The summed E-state index contributed by atoms with van der Waals surface area (Å²) in [6.07, 6.45) is 7.13. The van der Waals surface area contributed by atoms with Gasteiger partial charge in [0.25, 0.3) is 0 Å². The lowest BCUT2D eigenvalue weighted by molar-refractivity contribution is -0.00281. The van der Waals surface area contributed by atoms with Crippen molar-refractivity contribution in [1.29, 1.82) is 0 Å². The third kappa shape index (κ3) is 1.38. The number of H-pyrrole nitrogens is 1. The van der Waals surface area contributed by atoms with Crippen molar-refractivity contribution in [2.45, 2.75) is 44.6 Å². The number of nitrogens with zero attached hydrogens (tertiary/aromatic N) is 1. The second-order valence-electron chi connectivity index (χ2n) is 6.66. The van der Waals surface area contributed by atoms with E-state index in [9.17, 15) is 0 Å². The first-order chi connectivity index (χ1) is 8.76. The van der Waals surface area contributed by atoms with E-state index in [1.54, 1.807) is 0 Å². The fourth-order valence-corrected chi connectivity index (χ4v) is 5.33. The molecule has 18 heavy (non-hydrogen) atoms. The largest absolute Gasteiger partial charge is 0.382 e. The molecule has 4 saturated carbocycles. The molecule has 4 aliphatic rings. The van der Waals surface area contributed by atoms with Crippen molar-refractivity contribution in [1.82, 2.24) is 10.2 Å². The van der Waals surface area contributed by atoms with E-state index in [4.69, 9.17) is 11.5 Å². The Bertz CT molecular complexity index is 436. The summed E-state index contributed by atoms with van der Waals surface area (Å²) in [5.41, 5.74) is 14.3. The van der Waals surface area contributed by atoms with Crippen LogP contribution in [0.2, 0.25) is 0 Å². The standard InChI is InChI=1S/C14H22N4/c15-6-11-13(14(16)18-17-11)12-9-2-7-1-8(4-9)5-10(12)3-7/h7-10,12H,1-6,15H2,(H3,16,17,18). The maximum Gasteiger partial charge on any atom is 0.149 e. The zero-order valence-corrected chi connectivity index (χ0v) is 10.7. The van der Waals surface area contributed by atoms with Crippen molar-refractivity contribution < 1.29 is 0 Å². The molecule has 4 heteroatoms. The van der Waals surface area contributed by atoms with E-state index >= 15 is 0 Å². The molecular weight excluding hydrogens is 224 g/mol. The van der Waals surface area contributed by atoms with Crippen molar-refractivity contribution in [3.8, 4) is 0 Å². The molecule has 0 spiro atoms. The van der Waals surface area contributed by atoms with Gasteiger partial charge in [0.15, 0.2) is 0 Å². The van der Waals surface area contributed by atoms with E-state index in [1.807, 2.05) is 0 Å². The summed E-state index contributed by atoms with van der Waals surface area (Å²) in [6, 6.07) is 0. The van der Waals surface area contributed by atoms with Gasteiger partial charge < -0.3 is 11.5 Å². The Morgan fingerprint density at radius 1 is 1.06 bits per heavy atom. The third-order valence-corrected chi connectivity index (χ3v) is 5.68. The molecule has 4 fully saturated rings. The highest BCUT2D eigenvalue weighted by Gasteiger charge is 2.49. The van der Waals surface area contributed by atoms with Gasteiger partial charge in [-0.25, -0.2) is 0 Å². The average Bonchev–Trinajstić information content (AvgIpc) is 2.70. The number of aromatic nitrogens is 2. The highest BCUT2D eigenvalue weighted by atomic mass is 15.2. The van der Waals surface area contributed by atoms with Gasteiger partial charge in [0.2, 0.25) is 0 Å². The molecule has 4 nitrogen and oxygen atoms in total. The first-order valence-corrected chi connectivity index (χ1v) is 7.29. The summed E-state index contributed by atoms with van der Waals surface area (Å²) in [6.45, 7) is 0.530. The molecule has 0 radical (unpaired) electrons. The molecule has 0 saturated heterocycles. The number of nitrogens with one attached hydrogen (secondary N) is 1. The van der Waals surface area contributed by atoms with Crippen LogP contribution in [0, 0.1) is 23.7 Å². The summed E-state index contributed by atoms with van der Waals surface area (Å²) < 4.78 is 0. The Morgan fingerprint density at radius 2 is 1.67 bits per heavy atom. The second kappa shape index (κ2) is 3.73. The molecule has 1 aromatic rings. The summed E-state index contributed by atoms with van der Waals surface area (Å²) in [7, 11) is 0. The van der Waals surface area contributed by atoms with Crippen LogP contribution in [-0.2, 0) is 6.54 Å². The van der Waals surface area contributed by atoms with Gasteiger partial charge in [-0.1, -0.05) is 0 Å². The van der Waals surface area contributed by atoms with Crippen LogP contribution < -0.4 is 11.5 Å². The average molecular weight is 246 g/mol. The lowest BCUT2D eigenvalue weighted by Crippen LogP contribution is -2.44. The first kappa shape index (κ1) is 10.9. The molecule has 0 atom stereocenters. The number of nitrogen functional groups attached to an aromatic ring is 1. The molecule has 0 aromatic carbocycles. The predicted molar refractivity (Wildman–Crippen MR) is 70.7 cm³/mol. The van der Waals surface area contributed by atoms with Crippen molar-refractivity contribution in [3.05, 3.63) is 11.3 Å². The van der Waals surface area contributed by atoms with E-state index in [0.29, 0.717) is 18.3 Å². The monoisotopic (exact) mass is 246 g/mol. The summed E-state index contributed by atoms with van der Waals surface area (Å²) in [5.74, 6) is 5.01. The number of nitrogens with two attached hydrogens (primary N) is 2. The van der Waals surface area contributed by atoms with Crippen LogP contribution in [0.1, 0.15) is 49.3 Å². The maximum atomic E-state index is 6.10. The minimum absolute atomic E-state index is 0.530. The molecule has 1 aromatic heterocycles. The van der Waals surface area contributed by atoms with E-state index in [-0.39, 0.29) is 0 Å². The highest BCUT2D eigenvalue weighted by molar-refractivity contribution is 5.46. The van der Waals surface area contributed by atoms with Crippen molar-refractivity contribution >= 4 is 5.82 Å². The fourth-order valence-electron chi connectivity index (χ4n) is 5.33. The molecule has 4 aliphatic carbocycles. The Kier molecular flexibility index (Phi) is 2.25. The summed E-state index contributed by atoms with van der Waals surface area (Å²) in [4.78, 5) is 0. The quantitative estimate of drug-likeness (QED) is 0.746. The molecule has 5 N–H and O–H groups in total. The minimum Gasteiger partial charge on any atom is -0.382 e. The summed E-state index contributed by atoms with van der Waals surface area (Å²) in [5, 5.41) is 7.23. The van der Waals surface area contributed by atoms with Crippen LogP contribution >= 0.6 is 0 Å². The molecule has 0 aliphatic heterocycles. The van der Waals surface area contributed by atoms with E-state index in [1.165, 1.54) is 37.7 Å². The Morgan fingerprint density at radius 3 is 2.22 bits per heavy atom. The summed E-state index contributed by atoms with van der Waals surface area (Å²) >= 11 is 0. The lowest BCUT2D eigenvalue weighted by atomic mass is 9.50. The van der Waals surface area contributed by atoms with Gasteiger partial charge in [0.1, 0.15) is 5.82 Å². The predicted octanol–water partition coefficient (Wildman–Crippen LogP) is 1.99. The van der Waals surface area contributed by atoms with Gasteiger partial charge >= 0.3 is 0 Å². The van der Waals surface area contributed by atoms with Crippen LogP contribution in [-0.4, -0.2) is 10.2 Å². The topological polar surface area (TPSA) is 80.7 Å². The SMILES string of the molecule is NCc1[nH]nc(N)c1C1C2CC3CC(C2)CC1C3. The number of hydrogen-bond donors (Lipinski definition) is 3. The first-order valence-electron chi connectivity index (χ1n) is 7.29. The van der Waals surface area contributed by atoms with E-state index in [0.717, 1.165) is 29.4 Å². The Balaban J connectivity index is 1.74. The van der Waals surface area contributed by atoms with Crippen molar-refractivity contribution in [2.24, 2.45) is 29.4 Å². The third-order valence-electron chi connectivity index (χ3n) is 5.68. The molecule has 98 valence electrons. The molecule has 1 heterocycles. The second-order valence-corrected chi connectivity index (χ2v) is 6.66. The van der Waals surface area contributed by atoms with Gasteiger partial charge in [0, 0.05) is 12.1 Å². The normalized spacial score (nSPS) is 41.5. The molecule has 4 bridgehead atoms. The van der Waals surface area contributed by atoms with Gasteiger partial charge in [-0.05, 0) is 61.7 Å². The van der Waals surface area contributed by atoms with Gasteiger partial charge in [-0.2, -0.15) is 5.10 Å². The van der Waals surface area contributed by atoms with Crippen LogP contribution in [0.5, 0.6) is 0 Å². The minimum atomic E-state index is 0.530. The van der Waals surface area contributed by atoms with Gasteiger partial charge in [0.05, 0.1) is 5.69 Å². The zero-order valence-electron chi connectivity index (χ0n) is 10.7. The molecule has 0 amide bonds. The fraction of sp³-hybridized carbons (Fsp3) is 0.786. The van der Waals surface area contributed by atoms with Crippen molar-refractivity contribution in [3.63, 3.8) is 0 Å². The van der Waals surface area contributed by atoms with Crippen LogP contribution in [0.3, 0.4) is 0 Å². The highest BCUT2D eigenvalue weighted by Crippen LogP contribution is 2.60. The Hall–Kier alpha value is -1.03. The van der Waals surface area contributed by atoms with E-state index in [2.05, 4.69) is 10.2 Å². The Labute approximate surface area is 108 Å². The molecule has 5 rings (SSSR count). The zero-order chi connectivity index (χ0) is 12.3.